The van der Waals surface area contributed by atoms with Crippen LogP contribution in [0.4, 0.5) is 0 Å². The van der Waals surface area contributed by atoms with Crippen LogP contribution in [-0.2, 0) is 57.3 Å². The average molecular weight is 447 g/mol. The van der Waals surface area contributed by atoms with Gasteiger partial charge in [0, 0.05) is 41.5 Å². The van der Waals surface area contributed by atoms with Crippen molar-refractivity contribution in [1.82, 2.24) is 5.06 Å². The first-order valence-electron chi connectivity index (χ1n) is 9.12. The smallest absolute Gasteiger partial charge is 0.329 e. The molecule has 174 valence electrons. The maximum absolute atomic E-state index is 12.1. The number of hydrogen-bond acceptors (Lipinski definition) is 12. The zero-order valence-electron chi connectivity index (χ0n) is 17.9. The SMILES string of the molecule is CC(=O)OC[C@@H](OC(C)=O)[C@@H]1O[C@H](N(OC(C)=O)C(C)=O)[C@H](OC(C)=O)[C@H]1OC(C)=O. The van der Waals surface area contributed by atoms with Gasteiger partial charge in [0.2, 0.25) is 6.23 Å². The third kappa shape index (κ3) is 7.85. The second-order valence-corrected chi connectivity index (χ2v) is 6.52. The van der Waals surface area contributed by atoms with E-state index in [9.17, 15) is 28.8 Å². The Kier molecular flexibility index (Phi) is 9.37. The molecular weight excluding hydrogens is 422 g/mol. The summed E-state index contributed by atoms with van der Waals surface area (Å²) >= 11 is 0. The molecule has 0 aromatic rings. The molecule has 0 aliphatic carbocycles. The summed E-state index contributed by atoms with van der Waals surface area (Å²) in [5.41, 5.74) is 0. The summed E-state index contributed by atoms with van der Waals surface area (Å²) in [7, 11) is 0. The van der Waals surface area contributed by atoms with Crippen molar-refractivity contribution in [2.75, 3.05) is 6.61 Å². The highest BCUT2D eigenvalue weighted by atomic mass is 16.8. The van der Waals surface area contributed by atoms with Crippen molar-refractivity contribution in [1.29, 1.82) is 0 Å². The highest BCUT2D eigenvalue weighted by molar-refractivity contribution is 5.75. The molecule has 0 radical (unpaired) electrons. The van der Waals surface area contributed by atoms with E-state index in [-0.39, 0.29) is 0 Å². The van der Waals surface area contributed by atoms with Crippen LogP contribution >= 0.6 is 0 Å². The molecule has 31 heavy (non-hydrogen) atoms. The van der Waals surface area contributed by atoms with Gasteiger partial charge in [-0.25, -0.2) is 0 Å². The van der Waals surface area contributed by atoms with Gasteiger partial charge in [-0.1, -0.05) is 0 Å². The molecule has 0 N–H and O–H groups in total. The quantitative estimate of drug-likeness (QED) is 0.277. The fraction of sp³-hybridized carbons (Fsp3) is 0.667. The summed E-state index contributed by atoms with van der Waals surface area (Å²) < 4.78 is 26.1. The van der Waals surface area contributed by atoms with Gasteiger partial charge in [-0.2, -0.15) is 0 Å². The molecule has 1 saturated heterocycles. The van der Waals surface area contributed by atoms with E-state index in [0.29, 0.717) is 5.06 Å². The lowest BCUT2D eigenvalue weighted by atomic mass is 10.0. The van der Waals surface area contributed by atoms with Gasteiger partial charge in [-0.3, -0.25) is 28.8 Å². The van der Waals surface area contributed by atoms with Crippen molar-refractivity contribution in [2.24, 2.45) is 0 Å². The van der Waals surface area contributed by atoms with Crippen molar-refractivity contribution in [3.63, 3.8) is 0 Å². The van der Waals surface area contributed by atoms with Crippen molar-refractivity contribution in [3.05, 3.63) is 0 Å². The molecule has 13 heteroatoms. The second kappa shape index (κ2) is 11.2. The largest absolute Gasteiger partial charge is 0.462 e. The molecular formula is C18H25NO12. The summed E-state index contributed by atoms with van der Waals surface area (Å²) in [6, 6.07) is 0. The van der Waals surface area contributed by atoms with E-state index in [2.05, 4.69) is 0 Å². The van der Waals surface area contributed by atoms with Crippen LogP contribution in [0.25, 0.3) is 0 Å². The molecule has 1 fully saturated rings. The van der Waals surface area contributed by atoms with E-state index in [1.165, 1.54) is 0 Å². The van der Waals surface area contributed by atoms with Crippen LogP contribution in [0, 0.1) is 0 Å². The summed E-state index contributed by atoms with van der Waals surface area (Å²) in [6.45, 7) is 5.90. The first-order chi connectivity index (χ1) is 14.3. The topological polar surface area (TPSA) is 161 Å². The lowest BCUT2D eigenvalue weighted by Crippen LogP contribution is -2.50. The molecule has 0 saturated carbocycles. The molecule has 1 rings (SSSR count). The Morgan fingerprint density at radius 2 is 1.32 bits per heavy atom. The Labute approximate surface area is 177 Å². The number of carbonyl (C=O) groups is 6. The number of esters is 4. The minimum Gasteiger partial charge on any atom is -0.462 e. The zero-order chi connectivity index (χ0) is 23.9. The van der Waals surface area contributed by atoms with E-state index in [0.717, 1.165) is 41.5 Å². The molecule has 1 aliphatic rings. The van der Waals surface area contributed by atoms with Crippen LogP contribution in [0.3, 0.4) is 0 Å². The van der Waals surface area contributed by atoms with Crippen molar-refractivity contribution >= 4 is 35.8 Å². The molecule has 13 nitrogen and oxygen atoms in total. The van der Waals surface area contributed by atoms with E-state index in [1.54, 1.807) is 0 Å². The second-order valence-electron chi connectivity index (χ2n) is 6.52. The molecule has 5 atom stereocenters. The molecule has 0 aromatic carbocycles. The number of carbonyl (C=O) groups excluding carboxylic acids is 6. The van der Waals surface area contributed by atoms with Gasteiger partial charge in [0.05, 0.1) is 0 Å². The predicted molar refractivity (Wildman–Crippen MR) is 96.2 cm³/mol. The number of nitrogens with zero attached hydrogens (tertiary/aromatic N) is 1. The van der Waals surface area contributed by atoms with E-state index in [4.69, 9.17) is 28.5 Å². The van der Waals surface area contributed by atoms with Gasteiger partial charge in [-0.05, 0) is 0 Å². The van der Waals surface area contributed by atoms with Crippen LogP contribution in [-0.4, -0.2) is 78.1 Å². The summed E-state index contributed by atoms with van der Waals surface area (Å²) in [5, 5.41) is 0.503. The van der Waals surface area contributed by atoms with Crippen molar-refractivity contribution < 1.29 is 57.3 Å². The highest BCUT2D eigenvalue weighted by Gasteiger charge is 2.56. The van der Waals surface area contributed by atoms with E-state index in [1.807, 2.05) is 0 Å². The fourth-order valence-corrected chi connectivity index (χ4v) is 2.84. The van der Waals surface area contributed by atoms with Crippen molar-refractivity contribution in [2.45, 2.75) is 72.2 Å². The molecule has 1 heterocycles. The highest BCUT2D eigenvalue weighted by Crippen LogP contribution is 2.33. The van der Waals surface area contributed by atoms with E-state index >= 15 is 0 Å². The van der Waals surface area contributed by atoms with Gasteiger partial charge >= 0.3 is 29.8 Å². The third-order valence-electron chi connectivity index (χ3n) is 3.73. The van der Waals surface area contributed by atoms with Gasteiger partial charge < -0.3 is 28.5 Å². The minimum absolute atomic E-state index is 0.496. The van der Waals surface area contributed by atoms with Crippen molar-refractivity contribution in [3.8, 4) is 0 Å². The van der Waals surface area contributed by atoms with Crippen LogP contribution in [0.2, 0.25) is 0 Å². The molecule has 0 bridgehead atoms. The van der Waals surface area contributed by atoms with Crippen LogP contribution in [0.15, 0.2) is 0 Å². The number of rotatable bonds is 7. The molecule has 1 aliphatic heterocycles. The number of ether oxygens (including phenoxy) is 5. The monoisotopic (exact) mass is 447 g/mol. The predicted octanol–water partition coefficient (Wildman–Crippen LogP) is -0.604. The Balaban J connectivity index is 3.44. The van der Waals surface area contributed by atoms with Crippen LogP contribution in [0.5, 0.6) is 0 Å². The van der Waals surface area contributed by atoms with Crippen LogP contribution < -0.4 is 0 Å². The maximum atomic E-state index is 12.1. The normalized spacial score (nSPS) is 23.2. The standard InChI is InChI=1S/C18H25NO12/c1-8(20)19(31-13(6)25)18-17(29-12(5)24)16(28-11(4)23)15(30-18)14(27-10(3)22)7-26-9(2)21/h14-18H,7H2,1-6H3/t14-,15+,16+,17-,18+/m1/s1. The van der Waals surface area contributed by atoms with E-state index < -0.39 is 73.0 Å². The summed E-state index contributed by atoms with van der Waals surface area (Å²) in [4.78, 5) is 74.6. The number of hydrogen-bond donors (Lipinski definition) is 0. The Hall–Kier alpha value is -3.22. The number of amides is 1. The minimum atomic E-state index is -1.56. The summed E-state index contributed by atoms with van der Waals surface area (Å²) in [6.07, 6.45) is -7.12. The first-order valence-corrected chi connectivity index (χ1v) is 9.12. The van der Waals surface area contributed by atoms with Gasteiger partial charge in [0.1, 0.15) is 12.7 Å². The Bertz CT molecular complexity index is 735. The van der Waals surface area contributed by atoms with Gasteiger partial charge in [-0.15, -0.1) is 5.06 Å². The van der Waals surface area contributed by atoms with Crippen LogP contribution in [0.1, 0.15) is 41.5 Å². The third-order valence-corrected chi connectivity index (χ3v) is 3.73. The molecule has 0 spiro atoms. The molecule has 1 amide bonds. The first kappa shape index (κ1) is 25.8. The Morgan fingerprint density at radius 1 is 0.774 bits per heavy atom. The average Bonchev–Trinajstić information content (AvgIpc) is 2.92. The number of hydroxylamine groups is 2. The molecule has 0 unspecified atom stereocenters. The van der Waals surface area contributed by atoms with Gasteiger partial charge in [0.25, 0.3) is 5.91 Å². The molecule has 0 aromatic heterocycles. The summed E-state index contributed by atoms with van der Waals surface area (Å²) in [5.74, 6) is -4.80. The van der Waals surface area contributed by atoms with Gasteiger partial charge in [0.15, 0.2) is 18.3 Å². The fourth-order valence-electron chi connectivity index (χ4n) is 2.84. The lowest BCUT2D eigenvalue weighted by molar-refractivity contribution is -0.250. The zero-order valence-corrected chi connectivity index (χ0v) is 17.9. The maximum Gasteiger partial charge on any atom is 0.329 e. The Morgan fingerprint density at radius 3 is 1.74 bits per heavy atom. The lowest BCUT2D eigenvalue weighted by Gasteiger charge is -2.29.